The van der Waals surface area contributed by atoms with Crippen molar-refractivity contribution in [1.29, 1.82) is 0 Å². The van der Waals surface area contributed by atoms with Crippen LogP contribution in [0.2, 0.25) is 0 Å². The summed E-state index contributed by atoms with van der Waals surface area (Å²) in [6.07, 6.45) is 3.42. The SMILES string of the molecule is CCc1cc(NCC2(OC)CCOC2)ncn1. The second-order valence-electron chi connectivity index (χ2n) is 4.29. The molecule has 1 aliphatic rings. The molecule has 0 amide bonds. The van der Waals surface area contributed by atoms with Gasteiger partial charge >= 0.3 is 0 Å². The van der Waals surface area contributed by atoms with Crippen LogP contribution >= 0.6 is 0 Å². The molecule has 0 bridgehead atoms. The molecule has 0 spiro atoms. The zero-order chi connectivity index (χ0) is 12.1. The molecule has 1 aromatic heterocycles. The van der Waals surface area contributed by atoms with Crippen LogP contribution in [0.3, 0.4) is 0 Å². The van der Waals surface area contributed by atoms with E-state index in [1.54, 1.807) is 13.4 Å². The fraction of sp³-hybridized carbons (Fsp3) is 0.667. The molecule has 5 nitrogen and oxygen atoms in total. The van der Waals surface area contributed by atoms with E-state index in [0.717, 1.165) is 31.0 Å². The van der Waals surface area contributed by atoms with E-state index in [1.165, 1.54) is 0 Å². The van der Waals surface area contributed by atoms with Crippen LogP contribution in [-0.2, 0) is 15.9 Å². The molecule has 1 saturated heterocycles. The minimum atomic E-state index is -0.211. The van der Waals surface area contributed by atoms with E-state index in [9.17, 15) is 0 Å². The van der Waals surface area contributed by atoms with E-state index >= 15 is 0 Å². The summed E-state index contributed by atoms with van der Waals surface area (Å²) in [7, 11) is 1.73. The first-order valence-corrected chi connectivity index (χ1v) is 5.96. The molecule has 0 aliphatic carbocycles. The van der Waals surface area contributed by atoms with Gasteiger partial charge in [-0.1, -0.05) is 6.92 Å². The lowest BCUT2D eigenvalue weighted by molar-refractivity contribution is -0.00625. The van der Waals surface area contributed by atoms with Gasteiger partial charge in [0.05, 0.1) is 6.61 Å². The van der Waals surface area contributed by atoms with Crippen molar-refractivity contribution >= 4 is 5.82 Å². The second kappa shape index (κ2) is 5.42. The molecule has 94 valence electrons. The maximum Gasteiger partial charge on any atom is 0.129 e. The summed E-state index contributed by atoms with van der Waals surface area (Å²) in [5, 5.41) is 3.30. The van der Waals surface area contributed by atoms with Crippen molar-refractivity contribution in [2.75, 3.05) is 32.2 Å². The zero-order valence-electron chi connectivity index (χ0n) is 10.4. The molecule has 1 aromatic rings. The Kier molecular flexibility index (Phi) is 3.91. The number of hydrogen-bond donors (Lipinski definition) is 1. The molecule has 17 heavy (non-hydrogen) atoms. The lowest BCUT2D eigenvalue weighted by Gasteiger charge is -2.26. The molecule has 0 aromatic carbocycles. The fourth-order valence-corrected chi connectivity index (χ4v) is 1.90. The highest BCUT2D eigenvalue weighted by atomic mass is 16.5. The van der Waals surface area contributed by atoms with E-state index in [-0.39, 0.29) is 5.60 Å². The van der Waals surface area contributed by atoms with Crippen molar-refractivity contribution < 1.29 is 9.47 Å². The number of nitrogens with one attached hydrogen (secondary N) is 1. The Balaban J connectivity index is 1.96. The van der Waals surface area contributed by atoms with Gasteiger partial charge in [-0.15, -0.1) is 0 Å². The van der Waals surface area contributed by atoms with Gasteiger partial charge in [0, 0.05) is 38.4 Å². The molecule has 1 unspecified atom stereocenters. The molecule has 2 heterocycles. The maximum atomic E-state index is 5.55. The topological polar surface area (TPSA) is 56.3 Å². The minimum absolute atomic E-state index is 0.211. The van der Waals surface area contributed by atoms with Crippen LogP contribution in [0, 0.1) is 0 Å². The normalized spacial score (nSPS) is 23.9. The van der Waals surface area contributed by atoms with E-state index < -0.39 is 0 Å². The summed E-state index contributed by atoms with van der Waals surface area (Å²) >= 11 is 0. The summed E-state index contributed by atoms with van der Waals surface area (Å²) in [6, 6.07) is 1.97. The Bertz CT molecular complexity index is 365. The maximum absolute atomic E-state index is 5.55. The molecular weight excluding hydrogens is 218 g/mol. The molecule has 1 atom stereocenters. The van der Waals surface area contributed by atoms with Gasteiger partial charge < -0.3 is 14.8 Å². The number of anilines is 1. The Morgan fingerprint density at radius 2 is 2.41 bits per heavy atom. The Morgan fingerprint density at radius 3 is 3.06 bits per heavy atom. The number of ether oxygens (including phenoxy) is 2. The van der Waals surface area contributed by atoms with Crippen LogP contribution < -0.4 is 5.32 Å². The van der Waals surface area contributed by atoms with Crippen LogP contribution in [0.4, 0.5) is 5.82 Å². The van der Waals surface area contributed by atoms with Gasteiger partial charge in [-0.05, 0) is 6.42 Å². The quantitative estimate of drug-likeness (QED) is 0.835. The first-order chi connectivity index (χ1) is 8.28. The number of rotatable bonds is 5. The van der Waals surface area contributed by atoms with E-state index in [1.807, 2.05) is 6.07 Å². The van der Waals surface area contributed by atoms with Crippen molar-refractivity contribution in [2.24, 2.45) is 0 Å². The molecule has 1 fully saturated rings. The summed E-state index contributed by atoms with van der Waals surface area (Å²) in [5.74, 6) is 0.847. The van der Waals surface area contributed by atoms with Gasteiger partial charge in [-0.3, -0.25) is 0 Å². The first-order valence-electron chi connectivity index (χ1n) is 5.96. The summed E-state index contributed by atoms with van der Waals surface area (Å²) in [6.45, 7) is 4.19. The van der Waals surface area contributed by atoms with Crippen molar-refractivity contribution in [2.45, 2.75) is 25.4 Å². The Hall–Kier alpha value is -1.20. The average molecular weight is 237 g/mol. The highest BCUT2D eigenvalue weighted by molar-refractivity contribution is 5.35. The largest absolute Gasteiger partial charge is 0.378 e. The smallest absolute Gasteiger partial charge is 0.129 e. The van der Waals surface area contributed by atoms with Gasteiger partial charge in [0.25, 0.3) is 0 Å². The van der Waals surface area contributed by atoms with E-state index in [0.29, 0.717) is 13.2 Å². The number of aryl methyl sites for hydroxylation is 1. The summed E-state index contributed by atoms with van der Waals surface area (Å²) in [4.78, 5) is 8.36. The highest BCUT2D eigenvalue weighted by Gasteiger charge is 2.34. The molecule has 1 aliphatic heterocycles. The molecule has 2 rings (SSSR count). The number of nitrogens with zero attached hydrogens (tertiary/aromatic N) is 2. The third-order valence-electron chi connectivity index (χ3n) is 3.18. The second-order valence-corrected chi connectivity index (χ2v) is 4.29. The van der Waals surface area contributed by atoms with Gasteiger partial charge in [-0.2, -0.15) is 0 Å². The van der Waals surface area contributed by atoms with Gasteiger partial charge in [0.15, 0.2) is 0 Å². The van der Waals surface area contributed by atoms with Gasteiger partial charge in [0.2, 0.25) is 0 Å². The fourth-order valence-electron chi connectivity index (χ4n) is 1.90. The predicted molar refractivity (Wildman–Crippen MR) is 65.1 cm³/mol. The first kappa shape index (κ1) is 12.3. The lowest BCUT2D eigenvalue weighted by atomic mass is 10.0. The predicted octanol–water partition coefficient (Wildman–Crippen LogP) is 1.26. The van der Waals surface area contributed by atoms with Gasteiger partial charge in [-0.25, -0.2) is 9.97 Å². The summed E-state index contributed by atoms with van der Waals surface area (Å²) < 4.78 is 10.9. The van der Waals surface area contributed by atoms with Crippen LogP contribution in [0.25, 0.3) is 0 Å². The van der Waals surface area contributed by atoms with E-state index in [2.05, 4.69) is 22.2 Å². The average Bonchev–Trinajstić information content (AvgIpc) is 2.86. The zero-order valence-corrected chi connectivity index (χ0v) is 10.4. The number of methoxy groups -OCH3 is 1. The Labute approximate surface area is 102 Å². The minimum Gasteiger partial charge on any atom is -0.378 e. The summed E-state index contributed by atoms with van der Waals surface area (Å²) in [5.41, 5.74) is 0.828. The van der Waals surface area contributed by atoms with Crippen molar-refractivity contribution in [3.05, 3.63) is 18.1 Å². The molecule has 0 radical (unpaired) electrons. The monoisotopic (exact) mass is 237 g/mol. The lowest BCUT2D eigenvalue weighted by Crippen LogP contribution is -2.39. The highest BCUT2D eigenvalue weighted by Crippen LogP contribution is 2.22. The Morgan fingerprint density at radius 1 is 1.53 bits per heavy atom. The van der Waals surface area contributed by atoms with Crippen LogP contribution in [0.5, 0.6) is 0 Å². The van der Waals surface area contributed by atoms with Crippen molar-refractivity contribution in [3.8, 4) is 0 Å². The van der Waals surface area contributed by atoms with Gasteiger partial charge in [0.1, 0.15) is 17.7 Å². The molecular formula is C12H19N3O2. The molecule has 1 N–H and O–H groups in total. The molecule has 0 saturated carbocycles. The third kappa shape index (κ3) is 2.92. The standard InChI is InChI=1S/C12H19N3O2/c1-3-10-6-11(15-9-14-10)13-7-12(16-2)4-5-17-8-12/h6,9H,3-5,7-8H2,1-2H3,(H,13,14,15). The molecule has 5 heteroatoms. The van der Waals surface area contributed by atoms with Crippen molar-refractivity contribution in [3.63, 3.8) is 0 Å². The third-order valence-corrected chi connectivity index (χ3v) is 3.18. The van der Waals surface area contributed by atoms with Crippen LogP contribution in [-0.4, -0.2) is 42.4 Å². The number of aromatic nitrogens is 2. The van der Waals surface area contributed by atoms with Crippen molar-refractivity contribution in [1.82, 2.24) is 9.97 Å². The van der Waals surface area contributed by atoms with E-state index in [4.69, 9.17) is 9.47 Å². The number of hydrogen-bond acceptors (Lipinski definition) is 5. The van der Waals surface area contributed by atoms with Crippen LogP contribution in [0.1, 0.15) is 19.0 Å². The van der Waals surface area contributed by atoms with Crippen LogP contribution in [0.15, 0.2) is 12.4 Å².